The molecule has 1 aromatic heterocycles. The molecule has 0 aliphatic carbocycles. The summed E-state index contributed by atoms with van der Waals surface area (Å²) < 4.78 is 11.2. The number of rotatable bonds is 5. The second kappa shape index (κ2) is 10.7. The van der Waals surface area contributed by atoms with Crippen molar-refractivity contribution in [2.75, 3.05) is 20.2 Å². The largest absolute Gasteiger partial charge is 0.493 e. The van der Waals surface area contributed by atoms with E-state index in [-0.39, 0.29) is 42.8 Å². The van der Waals surface area contributed by atoms with Crippen LogP contribution in [0.5, 0.6) is 11.5 Å². The molecule has 27 heavy (non-hydrogen) atoms. The Morgan fingerprint density at radius 1 is 1.33 bits per heavy atom. The van der Waals surface area contributed by atoms with Crippen molar-refractivity contribution in [1.29, 1.82) is 0 Å². The zero-order chi connectivity index (χ0) is 17.8. The molecule has 150 valence electrons. The van der Waals surface area contributed by atoms with Gasteiger partial charge in [0.2, 0.25) is 0 Å². The molecule has 0 saturated carbocycles. The van der Waals surface area contributed by atoms with Gasteiger partial charge in [0, 0.05) is 36.1 Å². The van der Waals surface area contributed by atoms with E-state index in [4.69, 9.17) is 9.47 Å². The van der Waals surface area contributed by atoms with E-state index in [2.05, 4.69) is 24.1 Å². The average molecular weight is 434 g/mol. The highest BCUT2D eigenvalue weighted by molar-refractivity contribution is 7.07. The predicted octanol–water partition coefficient (Wildman–Crippen LogP) is 3.40. The number of ether oxygens (including phenoxy) is 2. The van der Waals surface area contributed by atoms with E-state index in [1.54, 1.807) is 30.8 Å². The third-order valence-corrected chi connectivity index (χ3v) is 5.20. The van der Waals surface area contributed by atoms with E-state index in [9.17, 15) is 4.79 Å². The smallest absolute Gasteiger partial charge is 0.254 e. The number of nitrogens with zero attached hydrogens (tertiary/aromatic N) is 2. The number of carbonyl (C=O) groups is 1. The number of aromatic nitrogens is 1. The molecule has 1 aliphatic rings. The minimum Gasteiger partial charge on any atom is -0.493 e. The van der Waals surface area contributed by atoms with Crippen LogP contribution in [0.2, 0.25) is 0 Å². The molecule has 0 bridgehead atoms. The number of methoxy groups -OCH3 is 1. The fraction of sp³-hybridized carbons (Fsp3) is 0.444. The first-order valence-corrected chi connectivity index (χ1v) is 9.26. The molecule has 9 heteroatoms. The maximum atomic E-state index is 12.9. The van der Waals surface area contributed by atoms with Crippen LogP contribution in [0.3, 0.4) is 0 Å². The van der Waals surface area contributed by atoms with Gasteiger partial charge in [-0.2, -0.15) is 0 Å². The highest BCUT2D eigenvalue weighted by Crippen LogP contribution is 2.29. The van der Waals surface area contributed by atoms with Crippen molar-refractivity contribution < 1.29 is 14.3 Å². The van der Waals surface area contributed by atoms with Gasteiger partial charge in [-0.1, -0.05) is 0 Å². The van der Waals surface area contributed by atoms with E-state index in [0.29, 0.717) is 30.2 Å². The number of carbonyl (C=O) groups excluding carboxylic acids is 1. The number of benzene rings is 1. The number of hydrogen-bond donors (Lipinski definition) is 1. The van der Waals surface area contributed by atoms with Gasteiger partial charge in [0.25, 0.3) is 5.91 Å². The van der Waals surface area contributed by atoms with Crippen molar-refractivity contribution in [2.24, 2.45) is 0 Å². The van der Waals surface area contributed by atoms with E-state index in [1.807, 2.05) is 10.3 Å². The fourth-order valence-electron chi connectivity index (χ4n) is 2.89. The van der Waals surface area contributed by atoms with Crippen LogP contribution in [-0.4, -0.2) is 48.1 Å². The van der Waals surface area contributed by atoms with Crippen molar-refractivity contribution in [3.05, 3.63) is 40.3 Å². The summed E-state index contributed by atoms with van der Waals surface area (Å²) in [6.45, 7) is 6.05. The van der Waals surface area contributed by atoms with Gasteiger partial charge >= 0.3 is 0 Å². The molecule has 1 N–H and O–H groups in total. The molecule has 1 aromatic carbocycles. The SMILES string of the molecule is COc1cc(C(=O)N2CCNC(C)C2C)ccc1OCc1cscn1.Cl.Cl. The Morgan fingerprint density at radius 3 is 2.78 bits per heavy atom. The summed E-state index contributed by atoms with van der Waals surface area (Å²) in [5.74, 6) is 1.18. The third-order valence-electron chi connectivity index (χ3n) is 4.56. The molecule has 6 nitrogen and oxygen atoms in total. The van der Waals surface area contributed by atoms with Crippen LogP contribution in [0.25, 0.3) is 0 Å². The van der Waals surface area contributed by atoms with Gasteiger partial charge in [0.1, 0.15) is 6.61 Å². The van der Waals surface area contributed by atoms with Gasteiger partial charge in [-0.25, -0.2) is 4.98 Å². The van der Waals surface area contributed by atoms with E-state index >= 15 is 0 Å². The zero-order valence-corrected chi connectivity index (χ0v) is 18.0. The molecular weight excluding hydrogens is 409 g/mol. The van der Waals surface area contributed by atoms with Crippen LogP contribution in [-0.2, 0) is 6.61 Å². The Morgan fingerprint density at radius 2 is 2.11 bits per heavy atom. The summed E-state index contributed by atoms with van der Waals surface area (Å²) in [7, 11) is 1.58. The number of hydrogen-bond acceptors (Lipinski definition) is 6. The van der Waals surface area contributed by atoms with Crippen LogP contribution in [0.1, 0.15) is 29.9 Å². The number of halogens is 2. The Labute approximate surface area is 176 Å². The lowest BCUT2D eigenvalue weighted by Gasteiger charge is -2.38. The van der Waals surface area contributed by atoms with Crippen LogP contribution in [0.4, 0.5) is 0 Å². The number of nitrogens with one attached hydrogen (secondary N) is 1. The molecule has 2 unspecified atom stereocenters. The predicted molar refractivity (Wildman–Crippen MR) is 112 cm³/mol. The van der Waals surface area contributed by atoms with Gasteiger partial charge in [-0.3, -0.25) is 4.79 Å². The average Bonchev–Trinajstić information content (AvgIpc) is 3.15. The summed E-state index contributed by atoms with van der Waals surface area (Å²) in [6, 6.07) is 5.75. The first kappa shape index (κ1) is 23.5. The lowest BCUT2D eigenvalue weighted by Crippen LogP contribution is -2.57. The molecule has 2 heterocycles. The van der Waals surface area contributed by atoms with Crippen molar-refractivity contribution >= 4 is 42.1 Å². The highest BCUT2D eigenvalue weighted by Gasteiger charge is 2.29. The standard InChI is InChI=1S/C18H23N3O3S.2ClH/c1-12-13(2)21(7-6-19-12)18(22)14-4-5-16(17(8-14)23-3)24-9-15-10-25-11-20-15;;/h4-5,8,10-13,19H,6-7,9H2,1-3H3;2*1H. The van der Waals surface area contributed by atoms with E-state index in [1.165, 1.54) is 11.3 Å². The van der Waals surface area contributed by atoms with Crippen molar-refractivity contribution in [3.8, 4) is 11.5 Å². The van der Waals surface area contributed by atoms with Crippen LogP contribution in [0.15, 0.2) is 29.1 Å². The van der Waals surface area contributed by atoms with Gasteiger partial charge in [-0.15, -0.1) is 36.2 Å². The fourth-order valence-corrected chi connectivity index (χ4v) is 3.43. The Hall–Kier alpha value is -1.54. The second-order valence-corrected chi connectivity index (χ2v) is 6.83. The van der Waals surface area contributed by atoms with E-state index in [0.717, 1.165) is 12.2 Å². The monoisotopic (exact) mass is 433 g/mol. The quantitative estimate of drug-likeness (QED) is 0.782. The summed E-state index contributed by atoms with van der Waals surface area (Å²) in [4.78, 5) is 19.0. The molecule has 2 aromatic rings. The Balaban J connectivity index is 0.00000182. The Bertz CT molecular complexity index is 731. The molecule has 3 rings (SSSR count). The van der Waals surface area contributed by atoms with Crippen LogP contribution in [0, 0.1) is 0 Å². The minimum absolute atomic E-state index is 0. The zero-order valence-electron chi connectivity index (χ0n) is 15.5. The number of amides is 1. The maximum Gasteiger partial charge on any atom is 0.254 e. The van der Waals surface area contributed by atoms with Gasteiger partial charge in [0.05, 0.1) is 18.3 Å². The lowest BCUT2D eigenvalue weighted by atomic mass is 10.1. The number of piperazine rings is 1. The minimum atomic E-state index is 0. The molecule has 2 atom stereocenters. The van der Waals surface area contributed by atoms with Crippen LogP contribution < -0.4 is 14.8 Å². The molecule has 1 fully saturated rings. The van der Waals surface area contributed by atoms with Crippen molar-refractivity contribution in [1.82, 2.24) is 15.2 Å². The lowest BCUT2D eigenvalue weighted by molar-refractivity contribution is 0.0602. The van der Waals surface area contributed by atoms with E-state index < -0.39 is 0 Å². The van der Waals surface area contributed by atoms with Gasteiger partial charge in [0.15, 0.2) is 11.5 Å². The molecule has 0 spiro atoms. The summed E-state index contributed by atoms with van der Waals surface area (Å²) >= 11 is 1.53. The first-order valence-electron chi connectivity index (χ1n) is 8.32. The van der Waals surface area contributed by atoms with Crippen LogP contribution >= 0.6 is 36.2 Å². The maximum absolute atomic E-state index is 12.9. The second-order valence-electron chi connectivity index (χ2n) is 6.12. The summed E-state index contributed by atoms with van der Waals surface area (Å²) in [6.07, 6.45) is 0. The summed E-state index contributed by atoms with van der Waals surface area (Å²) in [5.41, 5.74) is 3.25. The van der Waals surface area contributed by atoms with Crippen molar-refractivity contribution in [2.45, 2.75) is 32.5 Å². The molecule has 0 radical (unpaired) electrons. The van der Waals surface area contributed by atoms with Gasteiger partial charge in [-0.05, 0) is 32.0 Å². The molecule has 1 amide bonds. The first-order chi connectivity index (χ1) is 12.1. The third kappa shape index (κ3) is 5.48. The summed E-state index contributed by atoms with van der Waals surface area (Å²) in [5, 5.41) is 5.33. The molecule has 1 saturated heterocycles. The molecular formula is C18H25Cl2N3O3S. The highest BCUT2D eigenvalue weighted by atomic mass is 35.5. The normalized spacial score (nSPS) is 18.9. The Kier molecular flexibility index (Phi) is 9.32. The molecule has 1 aliphatic heterocycles. The van der Waals surface area contributed by atoms with Gasteiger partial charge < -0.3 is 19.7 Å². The topological polar surface area (TPSA) is 63.7 Å². The van der Waals surface area contributed by atoms with Crippen molar-refractivity contribution in [3.63, 3.8) is 0 Å². The number of thiazole rings is 1.